The van der Waals surface area contributed by atoms with Gasteiger partial charge in [0.05, 0.1) is 38.8 Å². The molecule has 5 aromatic carbocycles. The van der Waals surface area contributed by atoms with Crippen LogP contribution in [0.2, 0.25) is 0 Å². The van der Waals surface area contributed by atoms with Crippen LogP contribution in [0.25, 0.3) is 103 Å². The fraction of sp³-hybridized carbons (Fsp3) is 0. The third-order valence-electron chi connectivity index (χ3n) is 9.45. The van der Waals surface area contributed by atoms with Gasteiger partial charge in [0.2, 0.25) is 0 Å². The molecule has 0 N–H and O–H groups in total. The number of nitrogens with zero attached hydrogens (tertiary/aromatic N) is 4. The largest absolute Gasteiger partial charge is 0.454 e. The lowest BCUT2D eigenvalue weighted by molar-refractivity contribution is 0.670. The number of hydrogen-bond acceptors (Lipinski definition) is 5. The number of imidazole rings is 1. The van der Waals surface area contributed by atoms with E-state index in [1.54, 1.807) is 0 Å². The lowest BCUT2D eigenvalue weighted by atomic mass is 10.0. The highest BCUT2D eigenvalue weighted by atomic mass is 32.1. The van der Waals surface area contributed by atoms with E-state index in [0.29, 0.717) is 0 Å². The lowest BCUT2D eigenvalue weighted by Gasteiger charge is -2.10. The molecule has 0 saturated carbocycles. The first-order chi connectivity index (χ1) is 23.3. The summed E-state index contributed by atoms with van der Waals surface area (Å²) in [5, 5.41) is 7.91. The molecule has 0 fully saturated rings. The Balaban J connectivity index is 1.11. The van der Waals surface area contributed by atoms with Crippen molar-refractivity contribution in [3.63, 3.8) is 0 Å². The number of fused-ring (bicyclic) bond motifs is 13. The molecule has 0 saturated heterocycles. The number of thiophene rings is 1. The number of rotatable bonds is 2. The summed E-state index contributed by atoms with van der Waals surface area (Å²) in [5.41, 5.74) is 9.80. The molecule has 0 spiro atoms. The topological polar surface area (TPSA) is 56.2 Å². The molecule has 218 valence electrons. The van der Waals surface area contributed by atoms with Crippen molar-refractivity contribution in [1.29, 1.82) is 0 Å². The molecule has 0 atom stereocenters. The highest BCUT2D eigenvalue weighted by Gasteiger charge is 2.19. The van der Waals surface area contributed by atoms with Crippen LogP contribution in [-0.2, 0) is 0 Å². The predicted molar refractivity (Wildman–Crippen MR) is 194 cm³/mol. The summed E-state index contributed by atoms with van der Waals surface area (Å²) in [5.74, 6) is 0. The number of aromatic nitrogens is 4. The van der Waals surface area contributed by atoms with E-state index in [0.717, 1.165) is 72.0 Å². The number of hydrogen-bond donors (Lipinski definition) is 0. The maximum Gasteiger partial charge on any atom is 0.156 e. The summed E-state index contributed by atoms with van der Waals surface area (Å²) in [6.07, 6.45) is 3.74. The number of pyridine rings is 3. The predicted octanol–water partition coefficient (Wildman–Crippen LogP) is 11.2. The molecule has 6 heterocycles. The van der Waals surface area contributed by atoms with E-state index in [-0.39, 0.29) is 0 Å². The minimum Gasteiger partial charge on any atom is -0.454 e. The van der Waals surface area contributed by atoms with Gasteiger partial charge in [-0.15, -0.1) is 11.3 Å². The van der Waals surface area contributed by atoms with Crippen molar-refractivity contribution in [2.75, 3.05) is 0 Å². The standard InChI is InChI=1S/C41H22N4OS/c1-2-8-26-18-36-34(17-25(26)7-1)44-41-40-30(27-9-4-6-12-38(27)47-40)20-35(45(36)41)24-15-13-23(14-16-24)33-19-29-31-21-42-32-11-5-3-10-28(32)39(31)46-37(29)22-43-33/h1-22H. The van der Waals surface area contributed by atoms with Gasteiger partial charge in [-0.05, 0) is 58.8 Å². The normalized spacial score (nSPS) is 12.3. The Morgan fingerprint density at radius 2 is 1.34 bits per heavy atom. The third-order valence-corrected chi connectivity index (χ3v) is 10.6. The van der Waals surface area contributed by atoms with Gasteiger partial charge in [0.15, 0.2) is 11.2 Å². The van der Waals surface area contributed by atoms with Crippen molar-refractivity contribution in [2.24, 2.45) is 0 Å². The SMILES string of the molecule is c1ccc2cc3c(cc2c1)nc1c2sc4ccccc4c2cc(-c2ccc(-c4cc5c(cn4)oc4c6ccccc6ncc54)cc2)n31. The van der Waals surface area contributed by atoms with Crippen molar-refractivity contribution in [1.82, 2.24) is 19.4 Å². The minimum atomic E-state index is 0.761. The summed E-state index contributed by atoms with van der Waals surface area (Å²) >= 11 is 1.81. The molecule has 11 rings (SSSR count). The van der Waals surface area contributed by atoms with E-state index in [1.165, 1.54) is 30.9 Å². The molecule has 0 amide bonds. The van der Waals surface area contributed by atoms with Gasteiger partial charge in [0.25, 0.3) is 0 Å². The quantitative estimate of drug-likeness (QED) is 0.193. The van der Waals surface area contributed by atoms with E-state index < -0.39 is 0 Å². The molecule has 5 nitrogen and oxygen atoms in total. The zero-order valence-corrected chi connectivity index (χ0v) is 25.6. The van der Waals surface area contributed by atoms with Crippen LogP contribution in [0.1, 0.15) is 0 Å². The summed E-state index contributed by atoms with van der Waals surface area (Å²) in [4.78, 5) is 14.8. The zero-order valence-electron chi connectivity index (χ0n) is 24.8. The van der Waals surface area contributed by atoms with Crippen LogP contribution in [0, 0.1) is 0 Å². The van der Waals surface area contributed by atoms with Crippen LogP contribution >= 0.6 is 11.3 Å². The summed E-state index contributed by atoms with van der Waals surface area (Å²) in [6.45, 7) is 0. The van der Waals surface area contributed by atoms with Crippen LogP contribution in [0.5, 0.6) is 0 Å². The van der Waals surface area contributed by atoms with Crippen LogP contribution in [0.4, 0.5) is 0 Å². The first-order valence-corrected chi connectivity index (χ1v) is 16.4. The molecule has 11 aromatic rings. The first-order valence-electron chi connectivity index (χ1n) is 15.6. The van der Waals surface area contributed by atoms with Crippen LogP contribution in [0.3, 0.4) is 0 Å². The zero-order chi connectivity index (χ0) is 30.6. The smallest absolute Gasteiger partial charge is 0.156 e. The molecule has 0 radical (unpaired) electrons. The third kappa shape index (κ3) is 3.56. The fourth-order valence-corrected chi connectivity index (χ4v) is 8.34. The average Bonchev–Trinajstić information content (AvgIpc) is 3.81. The minimum absolute atomic E-state index is 0.761. The Morgan fingerprint density at radius 3 is 2.23 bits per heavy atom. The molecule has 0 aliphatic carbocycles. The van der Waals surface area contributed by atoms with E-state index >= 15 is 0 Å². The maximum absolute atomic E-state index is 6.28. The monoisotopic (exact) mass is 618 g/mol. The molecule has 0 unspecified atom stereocenters. The molecule has 6 aromatic heterocycles. The van der Waals surface area contributed by atoms with Gasteiger partial charge in [-0.3, -0.25) is 14.4 Å². The number of benzene rings is 5. The van der Waals surface area contributed by atoms with E-state index in [9.17, 15) is 0 Å². The average molecular weight is 619 g/mol. The summed E-state index contributed by atoms with van der Waals surface area (Å²) in [6, 6.07) is 42.9. The molecule has 0 aliphatic heterocycles. The van der Waals surface area contributed by atoms with Crippen LogP contribution in [0.15, 0.2) is 138 Å². The second-order valence-electron chi connectivity index (χ2n) is 12.1. The number of para-hydroxylation sites is 1. The Bertz CT molecular complexity index is 3070. The van der Waals surface area contributed by atoms with E-state index in [1.807, 2.05) is 41.9 Å². The van der Waals surface area contributed by atoms with Gasteiger partial charge in [-0.25, -0.2) is 4.98 Å². The summed E-state index contributed by atoms with van der Waals surface area (Å²) in [7, 11) is 0. The van der Waals surface area contributed by atoms with Crippen LogP contribution in [-0.4, -0.2) is 19.4 Å². The maximum atomic E-state index is 6.28. The van der Waals surface area contributed by atoms with Gasteiger partial charge < -0.3 is 4.42 Å². The highest BCUT2D eigenvalue weighted by molar-refractivity contribution is 7.26. The molecule has 0 bridgehead atoms. The molecular weight excluding hydrogens is 597 g/mol. The molecule has 47 heavy (non-hydrogen) atoms. The van der Waals surface area contributed by atoms with Crippen molar-refractivity contribution in [3.05, 3.63) is 134 Å². The molecule has 0 aliphatic rings. The van der Waals surface area contributed by atoms with Crippen molar-refractivity contribution >= 4 is 91.8 Å². The molecular formula is C41H22N4OS. The van der Waals surface area contributed by atoms with Gasteiger partial charge in [0, 0.05) is 43.4 Å². The van der Waals surface area contributed by atoms with Gasteiger partial charge in [-0.1, -0.05) is 78.9 Å². The Hall–Kier alpha value is -6.11. The van der Waals surface area contributed by atoms with Gasteiger partial charge in [0.1, 0.15) is 5.58 Å². The second kappa shape index (κ2) is 9.22. The lowest BCUT2D eigenvalue weighted by Crippen LogP contribution is -1.93. The molecule has 6 heteroatoms. The first kappa shape index (κ1) is 25.1. The van der Waals surface area contributed by atoms with E-state index in [2.05, 4.69) is 113 Å². The summed E-state index contributed by atoms with van der Waals surface area (Å²) < 4.78 is 11.1. The van der Waals surface area contributed by atoms with Gasteiger partial charge >= 0.3 is 0 Å². The van der Waals surface area contributed by atoms with Crippen molar-refractivity contribution in [2.45, 2.75) is 0 Å². The van der Waals surface area contributed by atoms with Gasteiger partial charge in [-0.2, -0.15) is 0 Å². The number of furan rings is 1. The fourth-order valence-electron chi connectivity index (χ4n) is 7.18. The highest BCUT2D eigenvalue weighted by Crippen LogP contribution is 2.41. The second-order valence-corrected chi connectivity index (χ2v) is 13.1. The Kier molecular flexibility index (Phi) is 4.93. The van der Waals surface area contributed by atoms with Crippen LogP contribution < -0.4 is 0 Å². The Morgan fingerprint density at radius 1 is 0.574 bits per heavy atom. The van der Waals surface area contributed by atoms with Crippen molar-refractivity contribution in [3.8, 4) is 22.5 Å². The van der Waals surface area contributed by atoms with E-state index in [4.69, 9.17) is 14.4 Å². The Labute approximate surface area is 271 Å². The van der Waals surface area contributed by atoms with Crippen molar-refractivity contribution < 1.29 is 4.42 Å².